The first-order valence-corrected chi connectivity index (χ1v) is 9.83. The Morgan fingerprint density at radius 2 is 1.68 bits per heavy atom. The Labute approximate surface area is 173 Å². The summed E-state index contributed by atoms with van der Waals surface area (Å²) in [5.74, 6) is -0.836. The summed E-state index contributed by atoms with van der Waals surface area (Å²) in [5, 5.41) is 10.6. The molecule has 0 saturated carbocycles. The smallest absolute Gasteiger partial charge is 0.265 e. The van der Waals surface area contributed by atoms with Crippen LogP contribution in [0.15, 0.2) is 11.6 Å². The Bertz CT molecular complexity index is 1090. The molecule has 1 aliphatic rings. The number of rotatable bonds is 2. The Morgan fingerprint density at radius 3 is 2.21 bits per heavy atom. The number of carbonyl (C=O) groups is 2. The molecule has 0 aromatic carbocycles. The van der Waals surface area contributed by atoms with E-state index in [1.165, 1.54) is 9.80 Å². The zero-order valence-corrected chi connectivity index (χ0v) is 18.2. The minimum atomic E-state index is -0.418. The molecule has 0 aliphatic carbocycles. The van der Waals surface area contributed by atoms with Gasteiger partial charge < -0.3 is 4.57 Å². The number of likely N-dealkylation sites (N-methyl/N-ethyl adjacent to an activating group) is 2. The van der Waals surface area contributed by atoms with Crippen LogP contribution in [0.2, 0.25) is 0 Å². The molecule has 0 unspecified atom stereocenters. The van der Waals surface area contributed by atoms with Crippen molar-refractivity contribution in [2.45, 2.75) is 27.7 Å². The number of carbonyl (C=O) groups excluding carboxylic acids is 2. The van der Waals surface area contributed by atoms with Crippen LogP contribution in [-0.4, -0.2) is 45.4 Å². The summed E-state index contributed by atoms with van der Waals surface area (Å²) in [6.45, 7) is 7.80. The third-order valence-corrected chi connectivity index (χ3v) is 6.84. The minimum Gasteiger partial charge on any atom is -0.308 e. The standard InChI is InChI=1S/C20H20N4O2S2/c1-10-7-14(8-15-17(25)22(5)20(27)23(6)18(15)26)12(3)24(10)19-16(9-21)11(2)13(4)28-19/h7-8H,1-6H3. The van der Waals surface area contributed by atoms with Crippen LogP contribution in [0.1, 0.15) is 33.0 Å². The number of nitrogens with zero attached hydrogens (tertiary/aromatic N) is 4. The summed E-state index contributed by atoms with van der Waals surface area (Å²) >= 11 is 6.69. The van der Waals surface area contributed by atoms with E-state index in [0.29, 0.717) is 5.56 Å². The number of aryl methyl sites for hydroxylation is 2. The predicted molar refractivity (Wildman–Crippen MR) is 113 cm³/mol. The van der Waals surface area contributed by atoms with Gasteiger partial charge in [0.25, 0.3) is 11.8 Å². The van der Waals surface area contributed by atoms with Crippen LogP contribution >= 0.6 is 23.6 Å². The molecular weight excluding hydrogens is 392 g/mol. The molecule has 0 radical (unpaired) electrons. The van der Waals surface area contributed by atoms with Crippen molar-refractivity contribution in [2.75, 3.05) is 14.1 Å². The second kappa shape index (κ2) is 7.00. The molecule has 3 heterocycles. The van der Waals surface area contributed by atoms with Gasteiger partial charge in [-0.2, -0.15) is 5.26 Å². The zero-order chi connectivity index (χ0) is 20.9. The molecule has 6 nitrogen and oxygen atoms in total. The quantitative estimate of drug-likeness (QED) is 0.431. The lowest BCUT2D eigenvalue weighted by atomic mass is 10.1. The van der Waals surface area contributed by atoms with Crippen molar-refractivity contribution in [3.8, 4) is 11.1 Å². The molecule has 2 aromatic heterocycles. The van der Waals surface area contributed by atoms with Gasteiger partial charge >= 0.3 is 0 Å². The molecular formula is C20H20N4O2S2. The van der Waals surface area contributed by atoms with Gasteiger partial charge in [0.05, 0.1) is 5.56 Å². The van der Waals surface area contributed by atoms with Crippen LogP contribution < -0.4 is 0 Å². The number of aromatic nitrogens is 1. The van der Waals surface area contributed by atoms with E-state index in [1.807, 2.05) is 38.3 Å². The van der Waals surface area contributed by atoms with Crippen LogP contribution in [0.4, 0.5) is 0 Å². The van der Waals surface area contributed by atoms with Crippen LogP contribution in [0, 0.1) is 39.0 Å². The van der Waals surface area contributed by atoms with Crippen LogP contribution in [0.5, 0.6) is 0 Å². The summed E-state index contributed by atoms with van der Waals surface area (Å²) in [6, 6.07) is 4.22. The maximum atomic E-state index is 12.6. The number of thiocarbonyl (C=S) groups is 1. The van der Waals surface area contributed by atoms with Gasteiger partial charge in [0, 0.05) is 30.4 Å². The second-order valence-corrected chi connectivity index (χ2v) is 8.37. The molecule has 0 spiro atoms. The van der Waals surface area contributed by atoms with Gasteiger partial charge in [0.1, 0.15) is 16.6 Å². The van der Waals surface area contributed by atoms with E-state index in [2.05, 4.69) is 6.07 Å². The molecule has 0 atom stereocenters. The highest BCUT2D eigenvalue weighted by atomic mass is 32.1. The molecule has 0 N–H and O–H groups in total. The lowest BCUT2D eigenvalue weighted by molar-refractivity contribution is -0.132. The predicted octanol–water partition coefficient (Wildman–Crippen LogP) is 3.24. The van der Waals surface area contributed by atoms with Gasteiger partial charge in [-0.3, -0.25) is 19.4 Å². The van der Waals surface area contributed by atoms with E-state index in [4.69, 9.17) is 12.2 Å². The summed E-state index contributed by atoms with van der Waals surface area (Å²) in [6.07, 6.45) is 1.61. The summed E-state index contributed by atoms with van der Waals surface area (Å²) in [5.41, 5.74) is 4.24. The maximum Gasteiger partial charge on any atom is 0.265 e. The Hall–Kier alpha value is -2.76. The second-order valence-electron chi connectivity index (χ2n) is 6.81. The first-order valence-electron chi connectivity index (χ1n) is 8.61. The van der Waals surface area contributed by atoms with Crippen LogP contribution in [0.25, 0.3) is 11.1 Å². The lowest BCUT2D eigenvalue weighted by Gasteiger charge is -2.31. The van der Waals surface area contributed by atoms with Gasteiger partial charge in [-0.25, -0.2) is 0 Å². The third kappa shape index (κ3) is 2.87. The van der Waals surface area contributed by atoms with Crippen molar-refractivity contribution < 1.29 is 9.59 Å². The highest BCUT2D eigenvalue weighted by Crippen LogP contribution is 2.34. The summed E-state index contributed by atoms with van der Waals surface area (Å²) in [4.78, 5) is 28.9. The van der Waals surface area contributed by atoms with Crippen molar-refractivity contribution in [3.05, 3.63) is 44.6 Å². The average molecular weight is 413 g/mol. The number of hydrogen-bond donors (Lipinski definition) is 0. The highest BCUT2D eigenvalue weighted by molar-refractivity contribution is 7.80. The normalized spacial score (nSPS) is 14.8. The van der Waals surface area contributed by atoms with Gasteiger partial charge in [-0.05, 0) is 63.2 Å². The molecule has 2 aromatic rings. The molecule has 0 bridgehead atoms. The molecule has 2 amide bonds. The van der Waals surface area contributed by atoms with Gasteiger partial charge in [-0.1, -0.05) is 0 Å². The fraction of sp³-hybridized carbons (Fsp3) is 0.300. The maximum absolute atomic E-state index is 12.6. The van der Waals surface area contributed by atoms with Crippen molar-refractivity contribution in [1.82, 2.24) is 14.4 Å². The van der Waals surface area contributed by atoms with E-state index in [-0.39, 0.29) is 10.7 Å². The summed E-state index contributed by atoms with van der Waals surface area (Å²) in [7, 11) is 3.11. The fourth-order valence-electron chi connectivity index (χ4n) is 3.27. The highest BCUT2D eigenvalue weighted by Gasteiger charge is 2.35. The summed E-state index contributed by atoms with van der Waals surface area (Å²) < 4.78 is 2.01. The van der Waals surface area contributed by atoms with Crippen molar-refractivity contribution >= 4 is 46.6 Å². The Morgan fingerprint density at radius 1 is 1.11 bits per heavy atom. The first kappa shape index (κ1) is 20.0. The third-order valence-electron chi connectivity index (χ3n) is 5.10. The Balaban J connectivity index is 2.16. The fourth-order valence-corrected chi connectivity index (χ4v) is 4.66. The zero-order valence-electron chi connectivity index (χ0n) is 16.6. The van der Waals surface area contributed by atoms with Gasteiger partial charge in [0.2, 0.25) is 0 Å². The monoisotopic (exact) mass is 412 g/mol. The number of amides is 2. The van der Waals surface area contributed by atoms with E-state index >= 15 is 0 Å². The Kier molecular flexibility index (Phi) is 5.00. The molecule has 3 rings (SSSR count). The van der Waals surface area contributed by atoms with E-state index in [9.17, 15) is 14.9 Å². The molecule has 1 fully saturated rings. The molecule has 1 saturated heterocycles. The SMILES string of the molecule is Cc1sc(-n2c(C)cc(C=C3C(=O)N(C)C(=S)N(C)C3=O)c2C)c(C#N)c1C. The van der Waals surface area contributed by atoms with Crippen molar-refractivity contribution in [2.24, 2.45) is 0 Å². The van der Waals surface area contributed by atoms with Crippen molar-refractivity contribution in [3.63, 3.8) is 0 Å². The van der Waals surface area contributed by atoms with Gasteiger partial charge in [0.15, 0.2) is 5.11 Å². The number of thiophene rings is 1. The number of hydrogen-bond acceptors (Lipinski definition) is 5. The number of nitriles is 1. The lowest BCUT2D eigenvalue weighted by Crippen LogP contribution is -2.52. The molecule has 8 heteroatoms. The first-order chi connectivity index (χ1) is 13.1. The molecule has 1 aliphatic heterocycles. The average Bonchev–Trinajstić information content (AvgIpc) is 3.10. The topological polar surface area (TPSA) is 69.3 Å². The van der Waals surface area contributed by atoms with E-state index in [1.54, 1.807) is 31.5 Å². The van der Waals surface area contributed by atoms with Crippen molar-refractivity contribution in [1.29, 1.82) is 5.26 Å². The minimum absolute atomic E-state index is 0.0675. The molecule has 144 valence electrons. The van der Waals surface area contributed by atoms with E-state index in [0.717, 1.165) is 32.4 Å². The van der Waals surface area contributed by atoms with E-state index < -0.39 is 11.8 Å². The molecule has 28 heavy (non-hydrogen) atoms. The largest absolute Gasteiger partial charge is 0.308 e. The van der Waals surface area contributed by atoms with Gasteiger partial charge in [-0.15, -0.1) is 11.3 Å². The van der Waals surface area contributed by atoms with Crippen LogP contribution in [-0.2, 0) is 9.59 Å². The van der Waals surface area contributed by atoms with Crippen LogP contribution in [0.3, 0.4) is 0 Å².